The third-order valence-electron chi connectivity index (χ3n) is 6.42. The number of alkyl halides is 3. The molecule has 0 aromatic heterocycles. The molecular weight excluding hydrogens is 533 g/mol. The zero-order valence-electron chi connectivity index (χ0n) is 24.5. The number of nitrogens with two attached hydrogens (primary N) is 3. The number of nitrogens with one attached hydrogen (secondary N) is 1. The lowest BCUT2D eigenvalue weighted by Crippen LogP contribution is -2.29. The number of hydrogen-bond donors (Lipinski definition) is 4. The van der Waals surface area contributed by atoms with Crippen molar-refractivity contribution in [3.8, 4) is 0 Å². The van der Waals surface area contributed by atoms with E-state index in [1.807, 2.05) is 30.9 Å². The van der Waals surface area contributed by atoms with Gasteiger partial charge in [-0.2, -0.15) is 13.2 Å². The fourth-order valence-electron chi connectivity index (χ4n) is 3.97. The standard InChI is InChI=1S/C29H41F3N8O/c1-8-25(20(3)39(7)34)26(33)18-40(35)27-15-22(10-9-19(27)2)28(41)36-24-14-21(13-23(16-24)29(30,31)32)17-38(6)12-11-37(4)5/h8-10,13-16,18H,1,11-12,17,33-35H2,2-7H3,(H,36,41)/b25-20+,26-18-. The van der Waals surface area contributed by atoms with Crippen LogP contribution in [0.5, 0.6) is 0 Å². The minimum absolute atomic E-state index is 0.0406. The predicted molar refractivity (Wildman–Crippen MR) is 159 cm³/mol. The monoisotopic (exact) mass is 574 g/mol. The van der Waals surface area contributed by atoms with Gasteiger partial charge in [0.25, 0.3) is 5.91 Å². The first-order valence-corrected chi connectivity index (χ1v) is 12.8. The van der Waals surface area contributed by atoms with E-state index >= 15 is 0 Å². The highest BCUT2D eigenvalue weighted by atomic mass is 19.4. The molecule has 1 amide bonds. The number of aryl methyl sites for hydroxylation is 1. The van der Waals surface area contributed by atoms with Crippen LogP contribution >= 0.6 is 0 Å². The molecule has 41 heavy (non-hydrogen) atoms. The normalized spacial score (nSPS) is 12.9. The summed E-state index contributed by atoms with van der Waals surface area (Å²) in [5, 5.41) is 5.27. The Kier molecular flexibility index (Phi) is 11.5. The van der Waals surface area contributed by atoms with Crippen LogP contribution in [0.2, 0.25) is 0 Å². The second-order valence-electron chi connectivity index (χ2n) is 10.2. The lowest BCUT2D eigenvalue weighted by Gasteiger charge is -2.21. The minimum atomic E-state index is -4.57. The van der Waals surface area contributed by atoms with Gasteiger partial charge < -0.3 is 25.9 Å². The number of likely N-dealkylation sites (N-methyl/N-ethyl adjacent to an activating group) is 2. The smallest absolute Gasteiger partial charge is 0.397 e. The molecule has 0 heterocycles. The number of anilines is 2. The molecule has 0 aliphatic rings. The van der Waals surface area contributed by atoms with Crippen molar-refractivity contribution >= 4 is 17.3 Å². The largest absolute Gasteiger partial charge is 0.416 e. The van der Waals surface area contributed by atoms with Crippen LogP contribution in [0, 0.1) is 6.92 Å². The van der Waals surface area contributed by atoms with Crippen molar-refractivity contribution in [3.05, 3.63) is 94.5 Å². The quantitative estimate of drug-likeness (QED) is 0.171. The van der Waals surface area contributed by atoms with Gasteiger partial charge in [-0.1, -0.05) is 18.7 Å². The van der Waals surface area contributed by atoms with Crippen LogP contribution in [-0.2, 0) is 12.7 Å². The first-order chi connectivity index (χ1) is 19.0. The van der Waals surface area contributed by atoms with Gasteiger partial charge in [0, 0.05) is 55.4 Å². The van der Waals surface area contributed by atoms with E-state index in [2.05, 4.69) is 11.9 Å². The van der Waals surface area contributed by atoms with E-state index in [4.69, 9.17) is 17.4 Å². The predicted octanol–water partition coefficient (Wildman–Crippen LogP) is 4.01. The molecule has 0 fully saturated rings. The lowest BCUT2D eigenvalue weighted by molar-refractivity contribution is -0.137. The Morgan fingerprint density at radius 3 is 2.27 bits per heavy atom. The number of carbonyl (C=O) groups is 1. The van der Waals surface area contributed by atoms with Crippen LogP contribution in [0.25, 0.3) is 0 Å². The second-order valence-corrected chi connectivity index (χ2v) is 10.2. The second kappa shape index (κ2) is 14.2. The van der Waals surface area contributed by atoms with Crippen LogP contribution in [0.1, 0.15) is 34.0 Å². The van der Waals surface area contributed by atoms with Crippen LogP contribution in [0.4, 0.5) is 24.5 Å². The van der Waals surface area contributed by atoms with Crippen LogP contribution in [-0.4, -0.2) is 62.0 Å². The summed E-state index contributed by atoms with van der Waals surface area (Å²) in [6, 6.07) is 8.37. The summed E-state index contributed by atoms with van der Waals surface area (Å²) in [6.45, 7) is 9.05. The Morgan fingerprint density at radius 1 is 1.05 bits per heavy atom. The van der Waals surface area contributed by atoms with Gasteiger partial charge in [0.05, 0.1) is 16.9 Å². The number of rotatable bonds is 12. The molecule has 2 aromatic rings. The van der Waals surface area contributed by atoms with Gasteiger partial charge in [-0.05, 0) is 76.4 Å². The zero-order valence-corrected chi connectivity index (χ0v) is 24.5. The van der Waals surface area contributed by atoms with Gasteiger partial charge in [-0.3, -0.25) is 9.80 Å². The number of halogens is 3. The van der Waals surface area contributed by atoms with Crippen molar-refractivity contribution < 1.29 is 18.0 Å². The van der Waals surface area contributed by atoms with Gasteiger partial charge in [0.1, 0.15) is 0 Å². The zero-order chi connectivity index (χ0) is 31.1. The molecule has 0 saturated carbocycles. The first-order valence-electron chi connectivity index (χ1n) is 12.8. The average molecular weight is 575 g/mol. The van der Waals surface area contributed by atoms with Gasteiger partial charge in [-0.15, -0.1) is 0 Å². The van der Waals surface area contributed by atoms with Gasteiger partial charge >= 0.3 is 6.18 Å². The van der Waals surface area contributed by atoms with E-state index in [0.29, 0.717) is 34.8 Å². The fraction of sp³-hybridized carbons (Fsp3) is 0.345. The van der Waals surface area contributed by atoms with Crippen LogP contribution in [0.15, 0.2) is 72.2 Å². The highest BCUT2D eigenvalue weighted by Crippen LogP contribution is 2.32. The molecule has 9 nitrogen and oxygen atoms in total. The summed E-state index contributed by atoms with van der Waals surface area (Å²) < 4.78 is 41.0. The van der Waals surface area contributed by atoms with Gasteiger partial charge in [-0.25, -0.2) is 11.7 Å². The van der Waals surface area contributed by atoms with E-state index in [1.165, 1.54) is 22.3 Å². The summed E-state index contributed by atoms with van der Waals surface area (Å²) in [6.07, 6.45) is -1.55. The summed E-state index contributed by atoms with van der Waals surface area (Å²) in [5.41, 5.74) is 8.81. The highest BCUT2D eigenvalue weighted by Gasteiger charge is 2.31. The van der Waals surface area contributed by atoms with Gasteiger partial charge in [0.15, 0.2) is 0 Å². The van der Waals surface area contributed by atoms with E-state index in [-0.39, 0.29) is 17.8 Å². The molecule has 0 bridgehead atoms. The molecule has 0 aliphatic carbocycles. The highest BCUT2D eigenvalue weighted by molar-refractivity contribution is 6.05. The summed E-state index contributed by atoms with van der Waals surface area (Å²) in [7, 11) is 7.34. The van der Waals surface area contributed by atoms with Gasteiger partial charge in [0.2, 0.25) is 0 Å². The molecule has 12 heteroatoms. The van der Waals surface area contributed by atoms with Crippen molar-refractivity contribution in [3.63, 3.8) is 0 Å². The van der Waals surface area contributed by atoms with Crippen molar-refractivity contribution in [1.29, 1.82) is 0 Å². The van der Waals surface area contributed by atoms with E-state index < -0.39 is 17.6 Å². The minimum Gasteiger partial charge on any atom is -0.397 e. The molecule has 0 spiro atoms. The van der Waals surface area contributed by atoms with Crippen LogP contribution < -0.4 is 27.7 Å². The Bertz CT molecular complexity index is 1300. The molecule has 7 N–H and O–H groups in total. The van der Waals surface area contributed by atoms with Crippen molar-refractivity contribution in [1.82, 2.24) is 14.8 Å². The topological polar surface area (TPSA) is 120 Å². The van der Waals surface area contributed by atoms with Crippen LogP contribution in [0.3, 0.4) is 0 Å². The number of benzene rings is 2. The van der Waals surface area contributed by atoms with Crippen molar-refractivity contribution in [2.45, 2.75) is 26.6 Å². The van der Waals surface area contributed by atoms with Crippen molar-refractivity contribution in [2.24, 2.45) is 17.4 Å². The Hall–Kier alpha value is -3.84. The Labute approximate surface area is 240 Å². The lowest BCUT2D eigenvalue weighted by atomic mass is 10.1. The average Bonchev–Trinajstić information content (AvgIpc) is 2.87. The molecular formula is C29H41F3N8O. The molecule has 0 saturated heterocycles. The van der Waals surface area contributed by atoms with Crippen molar-refractivity contribution in [2.75, 3.05) is 51.6 Å². The molecule has 0 unspecified atom stereocenters. The first kappa shape index (κ1) is 33.4. The number of nitrogens with zero attached hydrogens (tertiary/aromatic N) is 4. The van der Waals surface area contributed by atoms with E-state index in [1.54, 1.807) is 45.2 Å². The number of allylic oxidation sites excluding steroid dienone is 2. The number of carbonyl (C=O) groups excluding carboxylic acids is 1. The third kappa shape index (κ3) is 9.64. The molecule has 2 rings (SSSR count). The summed E-state index contributed by atoms with van der Waals surface area (Å²) in [5.74, 6) is 11.5. The molecule has 224 valence electrons. The molecule has 0 atom stereocenters. The number of amides is 1. The maximum Gasteiger partial charge on any atom is 0.416 e. The summed E-state index contributed by atoms with van der Waals surface area (Å²) >= 11 is 0. The van der Waals surface area contributed by atoms with E-state index in [0.717, 1.165) is 24.2 Å². The maximum atomic E-state index is 13.7. The maximum absolute atomic E-state index is 13.7. The Morgan fingerprint density at radius 2 is 1.71 bits per heavy atom. The SMILES string of the molecule is C=CC(/C(N)=C/N(N)c1cc(C(=O)Nc2cc(CN(C)CCN(C)C)cc(C(F)(F)F)c2)ccc1C)=C(/C)N(C)N. The Balaban J connectivity index is 2.37. The molecule has 0 aliphatic heterocycles. The molecule has 0 radical (unpaired) electrons. The molecule has 2 aromatic carbocycles. The summed E-state index contributed by atoms with van der Waals surface area (Å²) in [4.78, 5) is 17.1. The third-order valence-corrected chi connectivity index (χ3v) is 6.42. The van der Waals surface area contributed by atoms with E-state index in [9.17, 15) is 18.0 Å². The number of hydrazine groups is 2. The fourth-order valence-corrected chi connectivity index (χ4v) is 3.97. The number of hydrogen-bond acceptors (Lipinski definition) is 8.